The molecule has 0 aliphatic heterocycles. The van der Waals surface area contributed by atoms with Crippen molar-refractivity contribution in [1.82, 2.24) is 0 Å². The van der Waals surface area contributed by atoms with Crippen molar-refractivity contribution in [2.75, 3.05) is 6.61 Å². The summed E-state index contributed by atoms with van der Waals surface area (Å²) in [5.74, 6) is 1.67. The fraction of sp³-hybridized carbons (Fsp3) is 0.727. The Morgan fingerprint density at radius 1 is 0.739 bits per heavy atom. The standard InChI is InChI=1S/C22H38O/c1-4-6-7-8-9-10-11-12-13-14-19-23-22-17-15-21(16-18-22)20(3)5-2/h15-18,20H,4-14,19H2,1-3H3. The Morgan fingerprint density at radius 2 is 1.26 bits per heavy atom. The van der Waals surface area contributed by atoms with Crippen molar-refractivity contribution in [3.05, 3.63) is 29.8 Å². The molecule has 0 fully saturated rings. The van der Waals surface area contributed by atoms with E-state index in [9.17, 15) is 0 Å². The summed E-state index contributed by atoms with van der Waals surface area (Å²) in [5.41, 5.74) is 1.42. The predicted molar refractivity (Wildman–Crippen MR) is 102 cm³/mol. The molecule has 132 valence electrons. The molecular weight excluding hydrogens is 280 g/mol. The Bertz CT molecular complexity index is 368. The maximum atomic E-state index is 5.85. The van der Waals surface area contributed by atoms with Gasteiger partial charge in [0, 0.05) is 0 Å². The summed E-state index contributed by atoms with van der Waals surface area (Å²) in [7, 11) is 0. The van der Waals surface area contributed by atoms with Gasteiger partial charge in [-0.15, -0.1) is 0 Å². The summed E-state index contributed by atoms with van der Waals surface area (Å²) in [6.45, 7) is 7.65. The molecule has 0 bridgehead atoms. The third-order valence-corrected chi connectivity index (χ3v) is 4.83. The average molecular weight is 319 g/mol. The van der Waals surface area contributed by atoms with Gasteiger partial charge in [0.1, 0.15) is 5.75 Å². The molecule has 1 nitrogen and oxygen atoms in total. The minimum atomic E-state index is 0.644. The van der Waals surface area contributed by atoms with E-state index in [1.807, 2.05) is 0 Å². The molecule has 0 spiro atoms. The Labute approximate surface area is 144 Å². The molecule has 0 amide bonds. The lowest BCUT2D eigenvalue weighted by Gasteiger charge is -2.10. The molecule has 0 saturated heterocycles. The molecule has 1 atom stereocenters. The maximum Gasteiger partial charge on any atom is 0.119 e. The van der Waals surface area contributed by atoms with Gasteiger partial charge in [0.25, 0.3) is 0 Å². The Morgan fingerprint density at radius 3 is 1.78 bits per heavy atom. The van der Waals surface area contributed by atoms with E-state index in [4.69, 9.17) is 4.74 Å². The summed E-state index contributed by atoms with van der Waals surface area (Å²) in [4.78, 5) is 0. The largest absolute Gasteiger partial charge is 0.494 e. The average Bonchev–Trinajstić information content (AvgIpc) is 2.59. The maximum absolute atomic E-state index is 5.85. The third kappa shape index (κ3) is 9.69. The number of unbranched alkanes of at least 4 members (excludes halogenated alkanes) is 9. The summed E-state index contributed by atoms with van der Waals surface area (Å²) < 4.78 is 5.85. The second kappa shape index (κ2) is 13.5. The summed E-state index contributed by atoms with van der Waals surface area (Å²) in [6.07, 6.45) is 14.9. The molecule has 0 aliphatic rings. The van der Waals surface area contributed by atoms with Crippen LogP contribution in [0.4, 0.5) is 0 Å². The van der Waals surface area contributed by atoms with E-state index in [1.54, 1.807) is 0 Å². The van der Waals surface area contributed by atoms with Crippen molar-refractivity contribution >= 4 is 0 Å². The molecule has 0 saturated carbocycles. The minimum Gasteiger partial charge on any atom is -0.494 e. The topological polar surface area (TPSA) is 9.23 Å². The van der Waals surface area contributed by atoms with E-state index in [0.29, 0.717) is 5.92 Å². The van der Waals surface area contributed by atoms with Gasteiger partial charge in [0.15, 0.2) is 0 Å². The van der Waals surface area contributed by atoms with E-state index < -0.39 is 0 Å². The number of benzene rings is 1. The van der Waals surface area contributed by atoms with Gasteiger partial charge in [-0.1, -0.05) is 90.7 Å². The molecule has 23 heavy (non-hydrogen) atoms. The molecule has 1 aromatic carbocycles. The SMILES string of the molecule is CCCCCCCCCCCCOc1ccc(C(C)CC)cc1. The van der Waals surface area contributed by atoms with Crippen molar-refractivity contribution in [2.45, 2.75) is 97.3 Å². The van der Waals surface area contributed by atoms with Gasteiger partial charge in [0.05, 0.1) is 6.61 Å². The lowest BCUT2D eigenvalue weighted by Crippen LogP contribution is -1.98. The minimum absolute atomic E-state index is 0.644. The lowest BCUT2D eigenvalue weighted by atomic mass is 9.99. The van der Waals surface area contributed by atoms with E-state index in [2.05, 4.69) is 45.0 Å². The van der Waals surface area contributed by atoms with Crippen LogP contribution in [0.2, 0.25) is 0 Å². The van der Waals surface area contributed by atoms with Crippen molar-refractivity contribution in [3.8, 4) is 5.75 Å². The first kappa shape index (κ1) is 20.1. The first-order valence-electron chi connectivity index (χ1n) is 10.0. The van der Waals surface area contributed by atoms with Crippen LogP contribution in [0.25, 0.3) is 0 Å². The summed E-state index contributed by atoms with van der Waals surface area (Å²) >= 11 is 0. The summed E-state index contributed by atoms with van der Waals surface area (Å²) in [5, 5.41) is 0. The third-order valence-electron chi connectivity index (χ3n) is 4.83. The second-order valence-corrected chi connectivity index (χ2v) is 6.91. The van der Waals surface area contributed by atoms with E-state index in [1.165, 1.54) is 76.2 Å². The molecule has 0 aromatic heterocycles. The Balaban J connectivity index is 1.96. The van der Waals surface area contributed by atoms with Crippen LogP contribution in [0.1, 0.15) is 103 Å². The van der Waals surface area contributed by atoms with Crippen molar-refractivity contribution in [1.29, 1.82) is 0 Å². The molecule has 1 aromatic rings. The van der Waals surface area contributed by atoms with Gasteiger partial charge < -0.3 is 4.74 Å². The second-order valence-electron chi connectivity index (χ2n) is 6.91. The van der Waals surface area contributed by atoms with Crippen LogP contribution >= 0.6 is 0 Å². The van der Waals surface area contributed by atoms with Crippen LogP contribution in [-0.4, -0.2) is 6.61 Å². The number of hydrogen-bond donors (Lipinski definition) is 0. The van der Waals surface area contributed by atoms with Gasteiger partial charge >= 0.3 is 0 Å². The van der Waals surface area contributed by atoms with Crippen LogP contribution in [-0.2, 0) is 0 Å². The van der Waals surface area contributed by atoms with Crippen molar-refractivity contribution in [3.63, 3.8) is 0 Å². The highest BCUT2D eigenvalue weighted by atomic mass is 16.5. The molecule has 0 aliphatic carbocycles. The monoisotopic (exact) mass is 318 g/mol. The normalized spacial score (nSPS) is 12.3. The molecule has 0 radical (unpaired) electrons. The van der Waals surface area contributed by atoms with Crippen molar-refractivity contribution < 1.29 is 4.74 Å². The van der Waals surface area contributed by atoms with Crippen LogP contribution in [0.5, 0.6) is 5.75 Å². The fourth-order valence-electron chi connectivity index (χ4n) is 2.91. The molecule has 0 heterocycles. The van der Waals surface area contributed by atoms with Gasteiger partial charge in [-0.05, 0) is 36.5 Å². The molecular formula is C22H38O. The van der Waals surface area contributed by atoms with Gasteiger partial charge in [-0.25, -0.2) is 0 Å². The number of ether oxygens (including phenoxy) is 1. The predicted octanol–water partition coefficient (Wildman–Crippen LogP) is 7.50. The Kier molecular flexibility index (Phi) is 11.7. The number of hydrogen-bond acceptors (Lipinski definition) is 1. The van der Waals surface area contributed by atoms with Gasteiger partial charge in [-0.3, -0.25) is 0 Å². The molecule has 1 rings (SSSR count). The van der Waals surface area contributed by atoms with Gasteiger partial charge in [0.2, 0.25) is 0 Å². The quantitative estimate of drug-likeness (QED) is 0.323. The Hall–Kier alpha value is -0.980. The summed E-state index contributed by atoms with van der Waals surface area (Å²) in [6, 6.07) is 8.67. The highest BCUT2D eigenvalue weighted by Crippen LogP contribution is 2.21. The fourth-order valence-corrected chi connectivity index (χ4v) is 2.91. The van der Waals surface area contributed by atoms with E-state index in [-0.39, 0.29) is 0 Å². The van der Waals surface area contributed by atoms with Crippen LogP contribution < -0.4 is 4.74 Å². The first-order chi connectivity index (χ1) is 11.3. The van der Waals surface area contributed by atoms with E-state index >= 15 is 0 Å². The smallest absolute Gasteiger partial charge is 0.119 e. The zero-order valence-electron chi connectivity index (χ0n) is 15.8. The number of rotatable bonds is 14. The highest BCUT2D eigenvalue weighted by molar-refractivity contribution is 5.29. The first-order valence-corrected chi connectivity index (χ1v) is 10.0. The zero-order chi connectivity index (χ0) is 16.8. The van der Waals surface area contributed by atoms with E-state index in [0.717, 1.165) is 12.4 Å². The van der Waals surface area contributed by atoms with Gasteiger partial charge in [-0.2, -0.15) is 0 Å². The van der Waals surface area contributed by atoms with Crippen LogP contribution in [0.15, 0.2) is 24.3 Å². The zero-order valence-corrected chi connectivity index (χ0v) is 15.8. The molecule has 0 N–H and O–H groups in total. The van der Waals surface area contributed by atoms with Crippen LogP contribution in [0.3, 0.4) is 0 Å². The highest BCUT2D eigenvalue weighted by Gasteiger charge is 2.02. The molecule has 1 unspecified atom stereocenters. The lowest BCUT2D eigenvalue weighted by molar-refractivity contribution is 0.304. The molecule has 1 heteroatoms. The van der Waals surface area contributed by atoms with Crippen molar-refractivity contribution in [2.24, 2.45) is 0 Å². The van der Waals surface area contributed by atoms with Crippen LogP contribution in [0, 0.1) is 0 Å².